The van der Waals surface area contributed by atoms with Crippen LogP contribution in [-0.4, -0.2) is 30.1 Å². The summed E-state index contributed by atoms with van der Waals surface area (Å²) in [5, 5.41) is 0. The average molecular weight is 154 g/mol. The lowest BCUT2D eigenvalue weighted by atomic mass is 10.2. The maximum atomic E-state index is 5.95. The number of nitrogens with zero attached hydrogens (tertiary/aromatic N) is 1. The fourth-order valence-corrected chi connectivity index (χ4v) is 1.98. The molecule has 2 fully saturated rings. The lowest BCUT2D eigenvalue weighted by Crippen LogP contribution is -2.37. The van der Waals surface area contributed by atoms with Crippen molar-refractivity contribution in [2.75, 3.05) is 13.1 Å². The van der Waals surface area contributed by atoms with Gasteiger partial charge in [0.05, 0.1) is 0 Å². The molecule has 2 rings (SSSR count). The van der Waals surface area contributed by atoms with Crippen molar-refractivity contribution in [1.29, 1.82) is 0 Å². The van der Waals surface area contributed by atoms with E-state index in [0.717, 1.165) is 12.6 Å². The van der Waals surface area contributed by atoms with Gasteiger partial charge in [0.1, 0.15) is 0 Å². The summed E-state index contributed by atoms with van der Waals surface area (Å²) in [5.41, 5.74) is 5.95. The van der Waals surface area contributed by atoms with Crippen LogP contribution < -0.4 is 5.73 Å². The predicted molar refractivity (Wildman–Crippen MR) is 46.4 cm³/mol. The summed E-state index contributed by atoms with van der Waals surface area (Å²) < 4.78 is 0. The molecule has 2 heteroatoms. The summed E-state index contributed by atoms with van der Waals surface area (Å²) >= 11 is 0. The van der Waals surface area contributed by atoms with Crippen molar-refractivity contribution in [3.8, 4) is 0 Å². The van der Waals surface area contributed by atoms with Crippen LogP contribution in [0.25, 0.3) is 0 Å². The molecule has 2 N–H and O–H groups in total. The lowest BCUT2D eigenvalue weighted by Gasteiger charge is -2.21. The molecule has 1 aliphatic heterocycles. The highest BCUT2D eigenvalue weighted by Crippen LogP contribution is 2.28. The van der Waals surface area contributed by atoms with Gasteiger partial charge in [-0.1, -0.05) is 6.42 Å². The van der Waals surface area contributed by atoms with Crippen LogP contribution in [-0.2, 0) is 0 Å². The van der Waals surface area contributed by atoms with E-state index in [1.165, 1.54) is 38.6 Å². The molecule has 0 bridgehead atoms. The molecule has 1 saturated heterocycles. The van der Waals surface area contributed by atoms with Gasteiger partial charge in [0, 0.05) is 18.6 Å². The number of hydrogen-bond donors (Lipinski definition) is 1. The monoisotopic (exact) mass is 154 g/mol. The molecule has 1 heterocycles. The Hall–Kier alpha value is -0.0800. The van der Waals surface area contributed by atoms with Crippen LogP contribution in [0.5, 0.6) is 0 Å². The maximum absolute atomic E-state index is 5.95. The first kappa shape index (κ1) is 7.56. The molecule has 0 aromatic heterocycles. The largest absolute Gasteiger partial charge is 0.327 e. The molecule has 0 aromatic carbocycles. The molecular formula is C9H18N2. The minimum Gasteiger partial charge on any atom is -0.327 e. The highest BCUT2D eigenvalue weighted by molar-refractivity contribution is 4.87. The molecule has 0 spiro atoms. The number of nitrogens with two attached hydrogens (primary N) is 1. The van der Waals surface area contributed by atoms with Crippen LogP contribution in [0.4, 0.5) is 0 Å². The van der Waals surface area contributed by atoms with Crippen molar-refractivity contribution in [3.63, 3.8) is 0 Å². The highest BCUT2D eigenvalue weighted by atomic mass is 15.2. The van der Waals surface area contributed by atoms with Crippen molar-refractivity contribution in [2.45, 2.75) is 44.2 Å². The van der Waals surface area contributed by atoms with Gasteiger partial charge < -0.3 is 5.73 Å². The minimum absolute atomic E-state index is 0.457. The summed E-state index contributed by atoms with van der Waals surface area (Å²) in [4.78, 5) is 2.59. The Morgan fingerprint density at radius 1 is 1.09 bits per heavy atom. The average Bonchev–Trinajstić information content (AvgIpc) is 2.71. The third-order valence-corrected chi connectivity index (χ3v) is 2.80. The predicted octanol–water partition coefficient (Wildman–Crippen LogP) is 0.962. The molecular weight excluding hydrogens is 136 g/mol. The molecule has 64 valence electrons. The Morgan fingerprint density at radius 3 is 2.64 bits per heavy atom. The normalized spacial score (nSPS) is 35.2. The first-order valence-corrected chi connectivity index (χ1v) is 4.86. The Kier molecular flexibility index (Phi) is 2.14. The van der Waals surface area contributed by atoms with E-state index in [0.29, 0.717) is 6.04 Å². The Labute approximate surface area is 68.7 Å². The van der Waals surface area contributed by atoms with Crippen LogP contribution in [0.3, 0.4) is 0 Å². The van der Waals surface area contributed by atoms with Gasteiger partial charge in [0.25, 0.3) is 0 Å². The van der Waals surface area contributed by atoms with E-state index in [1.54, 1.807) is 0 Å². The second-order valence-electron chi connectivity index (χ2n) is 3.98. The fourth-order valence-electron chi connectivity index (χ4n) is 1.98. The van der Waals surface area contributed by atoms with Crippen molar-refractivity contribution in [1.82, 2.24) is 4.90 Å². The Bertz CT molecular complexity index is 132. The van der Waals surface area contributed by atoms with E-state index < -0.39 is 0 Å². The fraction of sp³-hybridized carbons (Fsp3) is 1.00. The van der Waals surface area contributed by atoms with Gasteiger partial charge in [0.2, 0.25) is 0 Å². The number of rotatable bonds is 1. The maximum Gasteiger partial charge on any atom is 0.0167 e. The van der Waals surface area contributed by atoms with Gasteiger partial charge in [-0.05, 0) is 32.2 Å². The van der Waals surface area contributed by atoms with E-state index in [-0.39, 0.29) is 0 Å². The molecule has 0 aromatic rings. The second-order valence-corrected chi connectivity index (χ2v) is 3.98. The number of likely N-dealkylation sites (tertiary alicyclic amines) is 1. The summed E-state index contributed by atoms with van der Waals surface area (Å²) in [6.07, 6.45) is 6.79. The Morgan fingerprint density at radius 2 is 1.91 bits per heavy atom. The second kappa shape index (κ2) is 3.11. The smallest absolute Gasteiger partial charge is 0.0167 e. The van der Waals surface area contributed by atoms with Gasteiger partial charge in [-0.15, -0.1) is 0 Å². The highest BCUT2D eigenvalue weighted by Gasteiger charge is 2.30. The van der Waals surface area contributed by atoms with Gasteiger partial charge in [-0.2, -0.15) is 0 Å². The van der Waals surface area contributed by atoms with E-state index in [9.17, 15) is 0 Å². The van der Waals surface area contributed by atoms with Gasteiger partial charge in [0.15, 0.2) is 0 Å². The van der Waals surface area contributed by atoms with E-state index >= 15 is 0 Å². The van der Waals surface area contributed by atoms with Crippen molar-refractivity contribution < 1.29 is 0 Å². The van der Waals surface area contributed by atoms with Crippen LogP contribution >= 0.6 is 0 Å². The molecule has 2 nitrogen and oxygen atoms in total. The van der Waals surface area contributed by atoms with Gasteiger partial charge in [-0.3, -0.25) is 4.90 Å². The van der Waals surface area contributed by atoms with Crippen molar-refractivity contribution >= 4 is 0 Å². The summed E-state index contributed by atoms with van der Waals surface area (Å²) in [6.45, 7) is 2.46. The van der Waals surface area contributed by atoms with Crippen LogP contribution in [0.15, 0.2) is 0 Å². The van der Waals surface area contributed by atoms with Crippen molar-refractivity contribution in [2.24, 2.45) is 5.73 Å². The molecule has 1 unspecified atom stereocenters. The molecule has 0 radical (unpaired) electrons. The lowest BCUT2D eigenvalue weighted by molar-refractivity contribution is 0.263. The molecule has 0 amide bonds. The molecule has 11 heavy (non-hydrogen) atoms. The first-order valence-electron chi connectivity index (χ1n) is 4.86. The number of hydrogen-bond acceptors (Lipinski definition) is 2. The van der Waals surface area contributed by atoms with Crippen LogP contribution in [0.1, 0.15) is 32.1 Å². The third kappa shape index (κ3) is 1.94. The van der Waals surface area contributed by atoms with E-state index in [4.69, 9.17) is 5.73 Å². The van der Waals surface area contributed by atoms with E-state index in [1.807, 2.05) is 0 Å². The zero-order valence-electron chi connectivity index (χ0n) is 7.13. The van der Waals surface area contributed by atoms with Crippen LogP contribution in [0.2, 0.25) is 0 Å². The topological polar surface area (TPSA) is 29.3 Å². The summed E-state index contributed by atoms with van der Waals surface area (Å²) in [5.74, 6) is 0. The van der Waals surface area contributed by atoms with Crippen LogP contribution in [0, 0.1) is 0 Å². The van der Waals surface area contributed by atoms with Gasteiger partial charge >= 0.3 is 0 Å². The standard InChI is InChI=1S/C9H18N2/c10-8-3-1-2-6-11(7-8)9-4-5-9/h8-9H,1-7,10H2. The zero-order valence-corrected chi connectivity index (χ0v) is 7.13. The first-order chi connectivity index (χ1) is 5.36. The SMILES string of the molecule is NC1CCCCN(C2CC2)C1. The van der Waals surface area contributed by atoms with E-state index in [2.05, 4.69) is 4.90 Å². The van der Waals surface area contributed by atoms with Gasteiger partial charge in [-0.25, -0.2) is 0 Å². The molecule has 1 atom stereocenters. The molecule has 2 aliphatic rings. The van der Waals surface area contributed by atoms with Crippen molar-refractivity contribution in [3.05, 3.63) is 0 Å². The summed E-state index contributed by atoms with van der Waals surface area (Å²) in [7, 11) is 0. The third-order valence-electron chi connectivity index (χ3n) is 2.80. The quantitative estimate of drug-likeness (QED) is 0.609. The zero-order chi connectivity index (χ0) is 7.68. The minimum atomic E-state index is 0.457. The molecule has 1 saturated carbocycles. The Balaban J connectivity index is 1.86. The summed E-state index contributed by atoms with van der Waals surface area (Å²) in [6, 6.07) is 1.37. The molecule has 1 aliphatic carbocycles.